The number of rotatable bonds is 7. The first-order chi connectivity index (χ1) is 12.4. The molecule has 1 aliphatic heterocycles. The smallest absolute Gasteiger partial charge is 0.311 e. The number of nitrogens with one attached hydrogen (secondary N) is 2. The zero-order valence-electron chi connectivity index (χ0n) is 15.4. The molecule has 0 unspecified atom stereocenters. The van der Waals surface area contributed by atoms with Gasteiger partial charge in [-0.25, -0.2) is 0 Å². The summed E-state index contributed by atoms with van der Waals surface area (Å²) in [5.74, 6) is -1.01. The van der Waals surface area contributed by atoms with Crippen molar-refractivity contribution < 1.29 is 19.1 Å². The van der Waals surface area contributed by atoms with Crippen LogP contribution in [-0.4, -0.2) is 37.0 Å². The number of para-hydroxylation sites is 2. The summed E-state index contributed by atoms with van der Waals surface area (Å²) in [6, 6.07) is 7.21. The van der Waals surface area contributed by atoms with Crippen molar-refractivity contribution in [3.8, 4) is 0 Å². The molecule has 0 saturated carbocycles. The summed E-state index contributed by atoms with van der Waals surface area (Å²) >= 11 is 0. The van der Waals surface area contributed by atoms with E-state index < -0.39 is 5.97 Å². The Labute approximate surface area is 153 Å². The van der Waals surface area contributed by atoms with Gasteiger partial charge in [-0.2, -0.15) is 0 Å². The summed E-state index contributed by atoms with van der Waals surface area (Å²) in [5.41, 5.74) is 1.68. The van der Waals surface area contributed by atoms with Crippen LogP contribution in [0.1, 0.15) is 33.6 Å². The summed E-state index contributed by atoms with van der Waals surface area (Å²) in [4.78, 5) is 38.1. The summed E-state index contributed by atoms with van der Waals surface area (Å²) in [6.07, 6.45) is 2.11. The maximum Gasteiger partial charge on any atom is 0.311 e. The second-order valence-electron chi connectivity index (χ2n) is 6.09. The molecule has 0 aromatic heterocycles. The number of fused-ring (bicyclic) bond motifs is 1. The Morgan fingerprint density at radius 2 is 2.00 bits per heavy atom. The number of hydrogen-bond donors (Lipinski definition) is 2. The Hall–Kier alpha value is -2.83. The third kappa shape index (κ3) is 5.08. The van der Waals surface area contributed by atoms with Gasteiger partial charge in [-0.1, -0.05) is 19.1 Å². The molecule has 0 spiro atoms. The van der Waals surface area contributed by atoms with E-state index >= 15 is 0 Å². The zero-order valence-corrected chi connectivity index (χ0v) is 15.4. The van der Waals surface area contributed by atoms with Crippen molar-refractivity contribution in [2.24, 2.45) is 0 Å². The zero-order chi connectivity index (χ0) is 19.1. The normalized spacial score (nSPS) is 14.5. The Morgan fingerprint density at radius 1 is 1.27 bits per heavy atom. The molecule has 0 aliphatic carbocycles. The van der Waals surface area contributed by atoms with Gasteiger partial charge in [0.1, 0.15) is 6.54 Å². The number of amides is 2. The lowest BCUT2D eigenvalue weighted by Gasteiger charge is -2.22. The van der Waals surface area contributed by atoms with Gasteiger partial charge in [0.25, 0.3) is 5.91 Å². The van der Waals surface area contributed by atoms with Crippen LogP contribution in [0.25, 0.3) is 0 Å². The summed E-state index contributed by atoms with van der Waals surface area (Å²) in [7, 11) is 0. The second kappa shape index (κ2) is 9.03. The van der Waals surface area contributed by atoms with Crippen molar-refractivity contribution in [3.63, 3.8) is 0 Å². The van der Waals surface area contributed by atoms with Gasteiger partial charge in [0.05, 0.1) is 24.4 Å². The number of benzene rings is 1. The molecule has 2 N–H and O–H groups in total. The van der Waals surface area contributed by atoms with Crippen LogP contribution in [0.3, 0.4) is 0 Å². The average Bonchev–Trinajstić information content (AvgIpc) is 2.71. The van der Waals surface area contributed by atoms with Gasteiger partial charge >= 0.3 is 5.97 Å². The Kier molecular flexibility index (Phi) is 6.77. The Morgan fingerprint density at radius 3 is 2.69 bits per heavy atom. The van der Waals surface area contributed by atoms with Gasteiger partial charge in [0.2, 0.25) is 5.91 Å². The topological polar surface area (TPSA) is 87.7 Å². The summed E-state index contributed by atoms with van der Waals surface area (Å²) in [5, 5.41) is 5.96. The first kappa shape index (κ1) is 19.5. The lowest BCUT2D eigenvalue weighted by atomic mass is 10.2. The number of anilines is 2. The fourth-order valence-corrected chi connectivity index (χ4v) is 2.56. The number of carbonyl (C=O) groups excluding carboxylic acids is 3. The number of nitrogens with zero attached hydrogens (tertiary/aromatic N) is 1. The highest BCUT2D eigenvalue weighted by Gasteiger charge is 2.25. The van der Waals surface area contributed by atoms with Crippen LogP contribution in [0.4, 0.5) is 11.4 Å². The standard InChI is InChI=1S/C19H25N3O4/c1-4-13(3)20-17(23)12-22-16-9-7-6-8-15(16)21-14(10-18(22)24)11-19(25)26-5-2/h6-10,13,21H,4-5,11-12H2,1-3H3,(H,20,23)/t13-/m0/s1. The van der Waals surface area contributed by atoms with Crippen molar-refractivity contribution in [2.75, 3.05) is 23.4 Å². The summed E-state index contributed by atoms with van der Waals surface area (Å²) in [6.45, 7) is 5.80. The van der Waals surface area contributed by atoms with Gasteiger partial charge in [-0.15, -0.1) is 0 Å². The third-order valence-corrected chi connectivity index (χ3v) is 4.02. The number of carbonyl (C=O) groups is 3. The van der Waals surface area contributed by atoms with Gasteiger partial charge in [-0.05, 0) is 32.4 Å². The van der Waals surface area contributed by atoms with Crippen molar-refractivity contribution in [2.45, 2.75) is 39.7 Å². The Balaban J connectivity index is 2.25. The minimum Gasteiger partial charge on any atom is -0.466 e. The Bertz CT molecular complexity index is 714. The average molecular weight is 359 g/mol. The first-order valence-electron chi connectivity index (χ1n) is 8.77. The molecule has 2 amide bonds. The fraction of sp³-hybridized carbons (Fsp3) is 0.421. The maximum absolute atomic E-state index is 12.7. The van der Waals surface area contributed by atoms with E-state index in [1.165, 1.54) is 11.0 Å². The third-order valence-electron chi connectivity index (χ3n) is 4.02. The fourth-order valence-electron chi connectivity index (χ4n) is 2.56. The van der Waals surface area contributed by atoms with E-state index in [9.17, 15) is 14.4 Å². The predicted molar refractivity (Wildman–Crippen MR) is 99.6 cm³/mol. The van der Waals surface area contributed by atoms with E-state index in [1.807, 2.05) is 19.9 Å². The van der Waals surface area contributed by atoms with Crippen molar-refractivity contribution in [1.29, 1.82) is 0 Å². The SMILES string of the molecule is CCOC(=O)CC1=CC(=O)N(CC(=O)N[C@@H](C)CC)c2ccccc2N1. The van der Waals surface area contributed by atoms with E-state index in [-0.39, 0.29) is 37.4 Å². The van der Waals surface area contributed by atoms with Crippen LogP contribution >= 0.6 is 0 Å². The molecule has 0 fully saturated rings. The molecular formula is C19H25N3O4. The van der Waals surface area contributed by atoms with E-state index in [0.717, 1.165) is 6.42 Å². The molecular weight excluding hydrogens is 334 g/mol. The first-order valence-corrected chi connectivity index (χ1v) is 8.77. The van der Waals surface area contributed by atoms with Crippen LogP contribution in [0.2, 0.25) is 0 Å². The molecule has 140 valence electrons. The molecule has 26 heavy (non-hydrogen) atoms. The lowest BCUT2D eigenvalue weighted by molar-refractivity contribution is -0.142. The quantitative estimate of drug-likeness (QED) is 0.729. The van der Waals surface area contributed by atoms with Crippen molar-refractivity contribution in [1.82, 2.24) is 5.32 Å². The number of hydrogen-bond acceptors (Lipinski definition) is 5. The molecule has 1 aromatic rings. The monoisotopic (exact) mass is 359 g/mol. The molecule has 1 aromatic carbocycles. The molecule has 1 heterocycles. The molecule has 1 aliphatic rings. The van der Waals surface area contributed by atoms with Crippen molar-refractivity contribution in [3.05, 3.63) is 36.0 Å². The largest absolute Gasteiger partial charge is 0.466 e. The molecule has 0 bridgehead atoms. The minimum atomic E-state index is -0.417. The highest BCUT2D eigenvalue weighted by molar-refractivity contribution is 6.09. The number of esters is 1. The molecule has 0 radical (unpaired) electrons. The van der Waals surface area contributed by atoms with Gasteiger partial charge < -0.3 is 15.4 Å². The van der Waals surface area contributed by atoms with Crippen LogP contribution in [0.5, 0.6) is 0 Å². The van der Waals surface area contributed by atoms with Crippen molar-refractivity contribution >= 4 is 29.2 Å². The highest BCUT2D eigenvalue weighted by Crippen LogP contribution is 2.30. The second-order valence-corrected chi connectivity index (χ2v) is 6.09. The predicted octanol–water partition coefficient (Wildman–Crippen LogP) is 2.20. The van der Waals surface area contributed by atoms with E-state index in [1.54, 1.807) is 25.1 Å². The minimum absolute atomic E-state index is 0.0351. The number of ether oxygens (including phenoxy) is 1. The van der Waals surface area contributed by atoms with E-state index in [4.69, 9.17) is 4.74 Å². The van der Waals surface area contributed by atoms with Crippen LogP contribution < -0.4 is 15.5 Å². The van der Waals surface area contributed by atoms with Gasteiger partial charge in [0, 0.05) is 17.8 Å². The van der Waals surface area contributed by atoms with Gasteiger partial charge in [0.15, 0.2) is 0 Å². The molecule has 0 saturated heterocycles. The van der Waals surface area contributed by atoms with Crippen LogP contribution in [0.15, 0.2) is 36.0 Å². The maximum atomic E-state index is 12.7. The molecule has 1 atom stereocenters. The molecule has 7 nitrogen and oxygen atoms in total. The van der Waals surface area contributed by atoms with E-state index in [2.05, 4.69) is 10.6 Å². The van der Waals surface area contributed by atoms with E-state index in [0.29, 0.717) is 17.1 Å². The summed E-state index contributed by atoms with van der Waals surface area (Å²) < 4.78 is 4.95. The van der Waals surface area contributed by atoms with Crippen LogP contribution in [0, 0.1) is 0 Å². The molecule has 2 rings (SSSR count). The van der Waals surface area contributed by atoms with Crippen LogP contribution in [-0.2, 0) is 19.1 Å². The van der Waals surface area contributed by atoms with Gasteiger partial charge in [-0.3, -0.25) is 19.3 Å². The lowest BCUT2D eigenvalue weighted by Crippen LogP contribution is -2.43. The highest BCUT2D eigenvalue weighted by atomic mass is 16.5. The molecule has 7 heteroatoms.